The highest BCUT2D eigenvalue weighted by atomic mass is 79.9. The molecule has 1 aliphatic rings. The maximum Gasteiger partial charge on any atom is 0.254 e. The Kier molecular flexibility index (Phi) is 6.84. The summed E-state index contributed by atoms with van der Waals surface area (Å²) in [6, 6.07) is 16.7. The van der Waals surface area contributed by atoms with Gasteiger partial charge in [0.2, 0.25) is 11.7 Å². The molecule has 0 spiro atoms. The number of nitrogen functional groups attached to an aromatic ring is 1. The second kappa shape index (κ2) is 10.6. The molecule has 1 aliphatic heterocycles. The van der Waals surface area contributed by atoms with Gasteiger partial charge in [0.1, 0.15) is 29.1 Å². The summed E-state index contributed by atoms with van der Waals surface area (Å²) in [7, 11) is 0. The Labute approximate surface area is 235 Å². The van der Waals surface area contributed by atoms with Crippen molar-refractivity contribution in [2.24, 2.45) is 0 Å². The van der Waals surface area contributed by atoms with E-state index in [1.165, 1.54) is 4.68 Å². The minimum Gasteiger partial charge on any atom is -0.394 e. The maximum absolute atomic E-state index is 13.9. The van der Waals surface area contributed by atoms with Crippen LogP contribution in [0.1, 0.15) is 40.7 Å². The molecule has 3 heterocycles. The van der Waals surface area contributed by atoms with Crippen molar-refractivity contribution in [2.45, 2.75) is 25.4 Å². The quantitative estimate of drug-likeness (QED) is 0.249. The smallest absolute Gasteiger partial charge is 0.254 e. The molecule has 0 saturated carbocycles. The van der Waals surface area contributed by atoms with Crippen molar-refractivity contribution >= 4 is 27.5 Å². The zero-order chi connectivity index (χ0) is 27.8. The van der Waals surface area contributed by atoms with Gasteiger partial charge in [-0.2, -0.15) is 4.98 Å². The number of halogens is 3. The molecule has 6 rings (SSSR count). The Morgan fingerprint density at radius 3 is 2.67 bits per heavy atom. The minimum absolute atomic E-state index is 0.164. The average Bonchev–Trinajstić information content (AvgIpc) is 3.72. The van der Waals surface area contributed by atoms with E-state index in [0.717, 1.165) is 28.6 Å². The van der Waals surface area contributed by atoms with E-state index in [-0.39, 0.29) is 29.8 Å². The number of rotatable bonds is 6. The third-order valence-corrected chi connectivity index (χ3v) is 7.31. The number of benzene rings is 3. The van der Waals surface area contributed by atoms with Crippen LogP contribution in [0.15, 0.2) is 75.9 Å². The van der Waals surface area contributed by atoms with E-state index in [2.05, 4.69) is 36.4 Å². The van der Waals surface area contributed by atoms with Crippen LogP contribution in [0.25, 0.3) is 22.6 Å². The highest BCUT2D eigenvalue weighted by molar-refractivity contribution is 9.10. The number of amides is 1. The van der Waals surface area contributed by atoms with Gasteiger partial charge in [-0.25, -0.2) is 13.5 Å². The van der Waals surface area contributed by atoms with Crippen LogP contribution in [0.5, 0.6) is 0 Å². The zero-order valence-electron chi connectivity index (χ0n) is 21.0. The van der Waals surface area contributed by atoms with E-state index in [0.29, 0.717) is 35.8 Å². The van der Waals surface area contributed by atoms with Crippen molar-refractivity contribution in [1.82, 2.24) is 30.0 Å². The lowest BCUT2D eigenvalue weighted by molar-refractivity contribution is 0.0708. The maximum atomic E-state index is 13.9. The van der Waals surface area contributed by atoms with Crippen LogP contribution in [-0.4, -0.2) is 42.5 Å². The number of nitrogens with zero attached hydrogens (tertiary/aromatic N) is 6. The number of hydrogen-bond donors (Lipinski definition) is 1. The highest BCUT2D eigenvalue weighted by Gasteiger charge is 2.35. The molecule has 3 aromatic carbocycles. The lowest BCUT2D eigenvalue weighted by Crippen LogP contribution is -2.31. The van der Waals surface area contributed by atoms with Crippen molar-refractivity contribution < 1.29 is 18.1 Å². The first-order valence-corrected chi connectivity index (χ1v) is 13.3. The number of aromatic nitrogens is 5. The van der Waals surface area contributed by atoms with Crippen LogP contribution >= 0.6 is 15.9 Å². The van der Waals surface area contributed by atoms with E-state index in [9.17, 15) is 13.6 Å². The molecule has 1 fully saturated rings. The molecule has 0 aliphatic carbocycles. The Balaban J connectivity index is 1.23. The van der Waals surface area contributed by atoms with Crippen LogP contribution in [0, 0.1) is 11.6 Å². The van der Waals surface area contributed by atoms with Crippen molar-refractivity contribution in [1.29, 1.82) is 0 Å². The molecule has 9 nitrogen and oxygen atoms in total. The molecule has 0 bridgehead atoms. The molecule has 1 amide bonds. The van der Waals surface area contributed by atoms with Gasteiger partial charge in [-0.3, -0.25) is 4.79 Å². The molecule has 2 aromatic heterocycles. The second-order valence-electron chi connectivity index (χ2n) is 9.44. The molecule has 1 unspecified atom stereocenters. The van der Waals surface area contributed by atoms with Gasteiger partial charge in [-0.1, -0.05) is 56.6 Å². The fourth-order valence-electron chi connectivity index (χ4n) is 4.82. The number of nitrogens with two attached hydrogens (primary N) is 1. The number of carbonyl (C=O) groups is 1. The summed E-state index contributed by atoms with van der Waals surface area (Å²) in [5, 5.41) is 12.3. The standard InChI is InChI=1S/C28H22BrF2N7O2/c29-19-7-3-6-16(11-19)26-33-27(40-35-26)24-9-4-10-38(24)28(39)20-8-2-1-5-17(20)14-37-15-23(34-36-37)18-12-21(30)25(32)22(31)13-18/h1-3,5-8,11-13,15,24H,4,9-10,14,32H2. The van der Waals surface area contributed by atoms with E-state index in [1.54, 1.807) is 23.2 Å². The van der Waals surface area contributed by atoms with Gasteiger partial charge in [0.05, 0.1) is 12.7 Å². The topological polar surface area (TPSA) is 116 Å². The van der Waals surface area contributed by atoms with Crippen LogP contribution in [-0.2, 0) is 6.54 Å². The first-order valence-electron chi connectivity index (χ1n) is 12.5. The molecule has 40 heavy (non-hydrogen) atoms. The number of carbonyl (C=O) groups excluding carboxylic acids is 1. The van der Waals surface area contributed by atoms with E-state index in [4.69, 9.17) is 10.3 Å². The van der Waals surface area contributed by atoms with Crippen molar-refractivity contribution in [2.75, 3.05) is 12.3 Å². The SMILES string of the molecule is Nc1c(F)cc(-c2cn(Cc3ccccc3C(=O)N3CCCC3c3nc(-c4cccc(Br)c4)no3)nn2)cc1F. The molecule has 1 saturated heterocycles. The second-order valence-corrected chi connectivity index (χ2v) is 10.4. The van der Waals surface area contributed by atoms with Gasteiger partial charge in [0.15, 0.2) is 0 Å². The van der Waals surface area contributed by atoms with Crippen molar-refractivity contribution in [3.05, 3.63) is 100.0 Å². The van der Waals surface area contributed by atoms with Crippen LogP contribution in [0.2, 0.25) is 0 Å². The average molecular weight is 606 g/mol. The van der Waals surface area contributed by atoms with Gasteiger partial charge in [0.25, 0.3) is 5.91 Å². The Morgan fingerprint density at radius 2 is 1.88 bits per heavy atom. The number of anilines is 1. The summed E-state index contributed by atoms with van der Waals surface area (Å²) in [5.41, 5.74) is 7.33. The normalized spacial score (nSPS) is 15.1. The van der Waals surface area contributed by atoms with Gasteiger partial charge in [-0.15, -0.1) is 5.10 Å². The lowest BCUT2D eigenvalue weighted by atomic mass is 10.1. The predicted octanol–water partition coefficient (Wildman–Crippen LogP) is 5.64. The van der Waals surface area contributed by atoms with Gasteiger partial charge in [0, 0.05) is 27.7 Å². The molecule has 5 aromatic rings. The third-order valence-electron chi connectivity index (χ3n) is 6.82. The first-order chi connectivity index (χ1) is 19.4. The largest absolute Gasteiger partial charge is 0.394 e. The summed E-state index contributed by atoms with van der Waals surface area (Å²) >= 11 is 3.45. The third kappa shape index (κ3) is 4.97. The molecule has 2 N–H and O–H groups in total. The molecule has 0 radical (unpaired) electrons. The summed E-state index contributed by atoms with van der Waals surface area (Å²) in [6.45, 7) is 0.773. The highest BCUT2D eigenvalue weighted by Crippen LogP contribution is 2.34. The van der Waals surface area contributed by atoms with Crippen molar-refractivity contribution in [3.63, 3.8) is 0 Å². The fraction of sp³-hybridized carbons (Fsp3) is 0.179. The predicted molar refractivity (Wildman–Crippen MR) is 146 cm³/mol. The van der Waals surface area contributed by atoms with Gasteiger partial charge in [-0.05, 0) is 48.7 Å². The Bertz CT molecular complexity index is 1700. The monoisotopic (exact) mass is 605 g/mol. The summed E-state index contributed by atoms with van der Waals surface area (Å²) in [6.07, 6.45) is 3.07. The van der Waals surface area contributed by atoms with Gasteiger partial charge >= 0.3 is 0 Å². The molecular weight excluding hydrogens is 584 g/mol. The number of hydrogen-bond acceptors (Lipinski definition) is 7. The summed E-state index contributed by atoms with van der Waals surface area (Å²) in [5.74, 6) is -1.05. The molecule has 12 heteroatoms. The summed E-state index contributed by atoms with van der Waals surface area (Å²) in [4.78, 5) is 20.1. The molecule has 202 valence electrons. The van der Waals surface area contributed by atoms with Crippen LogP contribution in [0.3, 0.4) is 0 Å². The van der Waals surface area contributed by atoms with E-state index in [1.807, 2.05) is 36.4 Å². The minimum atomic E-state index is -0.870. The first kappa shape index (κ1) is 25.8. The summed E-state index contributed by atoms with van der Waals surface area (Å²) < 4.78 is 35.9. The van der Waals surface area contributed by atoms with E-state index < -0.39 is 17.3 Å². The molecular formula is C28H22BrF2N7O2. The van der Waals surface area contributed by atoms with E-state index >= 15 is 0 Å². The number of likely N-dealkylation sites (tertiary alicyclic amines) is 1. The van der Waals surface area contributed by atoms with Crippen LogP contribution < -0.4 is 5.73 Å². The van der Waals surface area contributed by atoms with Crippen molar-refractivity contribution in [3.8, 4) is 22.6 Å². The fourth-order valence-corrected chi connectivity index (χ4v) is 5.22. The molecule has 1 atom stereocenters. The lowest BCUT2D eigenvalue weighted by Gasteiger charge is -2.23. The zero-order valence-corrected chi connectivity index (χ0v) is 22.6. The van der Waals surface area contributed by atoms with Gasteiger partial charge < -0.3 is 15.2 Å². The van der Waals surface area contributed by atoms with Crippen LogP contribution in [0.4, 0.5) is 14.5 Å². The Morgan fingerprint density at radius 1 is 1.07 bits per heavy atom. The Hall–Kier alpha value is -4.45.